The summed E-state index contributed by atoms with van der Waals surface area (Å²) < 4.78 is 30.0. The van der Waals surface area contributed by atoms with Crippen LogP contribution in [-0.2, 0) is 57.2 Å². The number of rotatable bonds is 52. The molecule has 13 heteroatoms. The van der Waals surface area contributed by atoms with E-state index in [-0.39, 0.29) is 49.1 Å². The molecule has 0 radical (unpaired) electrons. The summed E-state index contributed by atoms with van der Waals surface area (Å²) in [4.78, 5) is 64.2. The highest BCUT2D eigenvalue weighted by Crippen LogP contribution is 2.15. The molecule has 0 aliphatic carbocycles. The van der Waals surface area contributed by atoms with Crippen molar-refractivity contribution < 1.29 is 57.2 Å². The van der Waals surface area contributed by atoms with E-state index in [4.69, 9.17) is 28.4 Å². The van der Waals surface area contributed by atoms with Gasteiger partial charge in [0.05, 0.1) is 19.8 Å². The second-order valence-corrected chi connectivity index (χ2v) is 22.0. The second kappa shape index (κ2) is 111. The van der Waals surface area contributed by atoms with Gasteiger partial charge in [0.1, 0.15) is 25.0 Å². The predicted molar refractivity (Wildman–Crippen MR) is 380 cm³/mol. The van der Waals surface area contributed by atoms with Crippen LogP contribution in [0.3, 0.4) is 0 Å². The number of carbonyl (C=O) groups excluding carboxylic acids is 6. The Morgan fingerprint density at radius 2 is 0.727 bits per heavy atom. The summed E-state index contributed by atoms with van der Waals surface area (Å²) in [7, 11) is 7.21. The third kappa shape index (κ3) is 121. The van der Waals surface area contributed by atoms with E-state index in [1.54, 1.807) is 21.3 Å². The van der Waals surface area contributed by atoms with Crippen LogP contribution >= 0.6 is 0 Å². The molecule has 0 amide bonds. The maximum Gasteiger partial charge on any atom is 0.306 e. The molecule has 3 atom stereocenters. The van der Waals surface area contributed by atoms with E-state index in [9.17, 15) is 28.8 Å². The minimum atomic E-state index is -0.303. The molecule has 0 heterocycles. The van der Waals surface area contributed by atoms with Crippen molar-refractivity contribution in [3.8, 4) is 12.8 Å². The second-order valence-electron chi connectivity index (χ2n) is 22.0. The van der Waals surface area contributed by atoms with Gasteiger partial charge in [-0.25, -0.2) is 0 Å². The zero-order chi connectivity index (χ0) is 69.2. The van der Waals surface area contributed by atoms with Crippen molar-refractivity contribution in [1.82, 2.24) is 5.32 Å². The number of aldehydes is 3. The minimum absolute atomic E-state index is 0.152. The first kappa shape index (κ1) is 106. The van der Waals surface area contributed by atoms with E-state index in [2.05, 4.69) is 87.4 Å². The normalized spacial score (nSPS) is 10.7. The molecule has 1 N–H and O–H groups in total. The van der Waals surface area contributed by atoms with Crippen LogP contribution in [0.5, 0.6) is 0 Å². The fourth-order valence-electron chi connectivity index (χ4n) is 7.75. The highest BCUT2D eigenvalue weighted by Gasteiger charge is 2.15. The number of unbranched alkanes of at least 4 members (excludes halogenated alkanes) is 22. The molecule has 0 fully saturated rings. The van der Waals surface area contributed by atoms with Gasteiger partial charge < -0.3 is 48.1 Å². The highest BCUT2D eigenvalue weighted by atomic mass is 16.5. The van der Waals surface area contributed by atoms with Gasteiger partial charge in [-0.2, -0.15) is 0 Å². The lowest BCUT2D eigenvalue weighted by atomic mass is 9.99. The number of esters is 2. The van der Waals surface area contributed by atoms with Crippen molar-refractivity contribution in [2.24, 2.45) is 17.8 Å². The van der Waals surface area contributed by atoms with Gasteiger partial charge in [0.25, 0.3) is 6.47 Å². The number of ether oxygens (including phenoxy) is 6. The Labute approximate surface area is 549 Å². The maximum absolute atomic E-state index is 11.5. The summed E-state index contributed by atoms with van der Waals surface area (Å²) >= 11 is 0. The monoisotopic (exact) mass is 1260 g/mol. The SMILES string of the molecule is C#C.CC.CC.CCC(C)C.CCC(COC)NC.CCCCCC(CCC)OC=O.CCCCCCCCOC.CCCCCCCCOC.CCCCCCCCOC(=O)CC(CC)CC=O.CCCCCCCCOC(=O)CC(CC=O)CC=O. The summed E-state index contributed by atoms with van der Waals surface area (Å²) in [6, 6.07) is 0.528. The van der Waals surface area contributed by atoms with E-state index in [1.807, 2.05) is 41.7 Å². The third-order valence-electron chi connectivity index (χ3n) is 13.8. The van der Waals surface area contributed by atoms with E-state index >= 15 is 0 Å². The van der Waals surface area contributed by atoms with Crippen LogP contribution in [0.1, 0.15) is 348 Å². The number of hydrogen-bond acceptors (Lipinski definition) is 13. The minimum Gasteiger partial charge on any atom is -0.466 e. The summed E-state index contributed by atoms with van der Waals surface area (Å²) in [6.45, 7) is 36.2. The molecule has 0 aromatic rings. The fourth-order valence-corrected chi connectivity index (χ4v) is 7.75. The zero-order valence-corrected chi connectivity index (χ0v) is 62.2. The number of carbonyl (C=O) groups is 6. The Balaban J connectivity index is -0.000000102. The lowest BCUT2D eigenvalue weighted by molar-refractivity contribution is -0.146. The molecule has 0 saturated carbocycles. The van der Waals surface area contributed by atoms with Gasteiger partial charge in [-0.15, -0.1) is 12.8 Å². The van der Waals surface area contributed by atoms with Gasteiger partial charge in [-0.05, 0) is 76.2 Å². The Morgan fingerprint density at radius 3 is 0.989 bits per heavy atom. The number of likely N-dealkylation sites (N-methyl/N-ethyl adjacent to an activating group) is 1. The van der Waals surface area contributed by atoms with Gasteiger partial charge in [0, 0.05) is 72.7 Å². The van der Waals surface area contributed by atoms with E-state index in [0.29, 0.717) is 38.6 Å². The van der Waals surface area contributed by atoms with Crippen LogP contribution in [0, 0.1) is 30.6 Å². The standard InChI is InChI=1S/C15H26O4.C15H28O3.C10H20O2.2C9H20O.C6H15NO.C5H12.2C2H6.C2H2/c1-2-3-4-5-6-7-12-19-15(18)13-14(8-10-16)9-11-17;1-3-5-6-7-8-9-12-18-15(17)13-14(4-2)10-11-16;1-3-5-6-8-10(7-4-2)12-9-11;2*1-3-4-5-6-7-8-9-10-2;1-4-6(7-2)5-8-3;1-4-5(2)3;3*1-2/h10-11,14H,2-9,12-13H2,1H3;11,14H,3-10,12-13H2,1-2H3;9-10H,3-8H2,1-2H3;2*3-9H2,1-2H3;6-7H,4-5H2,1-3H3;5H,4H2,1-3H3;2*1-2H3;1-2H. The number of terminal acetylenes is 1. The molecule has 0 aromatic carbocycles. The van der Waals surface area contributed by atoms with Gasteiger partial charge in [-0.3, -0.25) is 14.4 Å². The molecule has 0 saturated heterocycles. The number of hydrogen-bond donors (Lipinski definition) is 1. The van der Waals surface area contributed by atoms with Crippen molar-refractivity contribution in [2.45, 2.75) is 360 Å². The van der Waals surface area contributed by atoms with Crippen LogP contribution in [0.25, 0.3) is 0 Å². The summed E-state index contributed by atoms with van der Waals surface area (Å²) in [6.07, 6.45) is 52.3. The third-order valence-corrected chi connectivity index (χ3v) is 13.8. The van der Waals surface area contributed by atoms with Gasteiger partial charge in [-0.1, -0.05) is 264 Å². The lowest BCUT2D eigenvalue weighted by Crippen LogP contribution is -2.28. The molecule has 13 nitrogen and oxygen atoms in total. The lowest BCUT2D eigenvalue weighted by Gasteiger charge is -2.13. The van der Waals surface area contributed by atoms with E-state index in [1.165, 1.54) is 154 Å². The highest BCUT2D eigenvalue weighted by molar-refractivity contribution is 5.71. The topological polar surface area (TPSA) is 170 Å². The van der Waals surface area contributed by atoms with Gasteiger partial charge in [0.2, 0.25) is 0 Å². The van der Waals surface area contributed by atoms with Crippen molar-refractivity contribution in [1.29, 1.82) is 0 Å². The van der Waals surface area contributed by atoms with E-state index < -0.39 is 0 Å². The largest absolute Gasteiger partial charge is 0.466 e. The Bertz CT molecular complexity index is 1190. The van der Waals surface area contributed by atoms with Crippen LogP contribution in [0.2, 0.25) is 0 Å². The Hall–Kier alpha value is -3.18. The van der Waals surface area contributed by atoms with Crippen molar-refractivity contribution in [2.75, 3.05) is 61.4 Å². The van der Waals surface area contributed by atoms with Crippen molar-refractivity contribution in [3.63, 3.8) is 0 Å². The molecule has 532 valence electrons. The molecule has 0 spiro atoms. The summed E-state index contributed by atoms with van der Waals surface area (Å²) in [5, 5.41) is 3.13. The Morgan fingerprint density at radius 1 is 0.409 bits per heavy atom. The van der Waals surface area contributed by atoms with Crippen LogP contribution in [-0.4, -0.2) is 111 Å². The Kier molecular flexibility index (Phi) is 135. The fraction of sp³-hybridized carbons (Fsp3) is 0.893. The number of methoxy groups -OCH3 is 3. The average Bonchev–Trinajstić information content (AvgIpc) is 3.54. The molecular weight excluding hydrogens is 1110 g/mol. The van der Waals surface area contributed by atoms with Crippen LogP contribution in [0.15, 0.2) is 0 Å². The maximum atomic E-state index is 11.5. The molecule has 3 unspecified atom stereocenters. The average molecular weight is 1260 g/mol. The molecule has 0 bridgehead atoms. The van der Waals surface area contributed by atoms with Crippen molar-refractivity contribution >= 4 is 37.3 Å². The first-order valence-electron chi connectivity index (χ1n) is 36.0. The molecule has 88 heavy (non-hydrogen) atoms. The van der Waals surface area contributed by atoms with Crippen LogP contribution in [0.4, 0.5) is 0 Å². The van der Waals surface area contributed by atoms with Crippen molar-refractivity contribution in [3.05, 3.63) is 0 Å². The smallest absolute Gasteiger partial charge is 0.306 e. The molecule has 0 aliphatic heterocycles. The first-order valence-corrected chi connectivity index (χ1v) is 36.0. The number of nitrogens with one attached hydrogen (secondary N) is 1. The predicted octanol–water partition coefficient (Wildman–Crippen LogP) is 20.8. The zero-order valence-electron chi connectivity index (χ0n) is 62.2. The summed E-state index contributed by atoms with van der Waals surface area (Å²) in [5.74, 6) is 0.376. The van der Waals surface area contributed by atoms with Gasteiger partial charge in [0.15, 0.2) is 0 Å². The molecule has 0 aromatic heterocycles. The molecule has 0 rings (SSSR count). The summed E-state index contributed by atoms with van der Waals surface area (Å²) in [5.41, 5.74) is 0. The van der Waals surface area contributed by atoms with E-state index in [0.717, 1.165) is 102 Å². The van der Waals surface area contributed by atoms with Gasteiger partial charge >= 0.3 is 11.9 Å². The first-order chi connectivity index (χ1) is 42.8. The van der Waals surface area contributed by atoms with Crippen LogP contribution < -0.4 is 5.32 Å². The quantitative estimate of drug-likeness (QED) is 0.0201. The molecular formula is C75H155NO12. The molecule has 0 aliphatic rings.